The average Bonchev–Trinajstić information content (AvgIpc) is 3.68. The van der Waals surface area contributed by atoms with E-state index in [9.17, 15) is 8.78 Å². The number of nitrogens with one attached hydrogen (secondary N) is 2. The van der Waals surface area contributed by atoms with Gasteiger partial charge in [-0.25, -0.2) is 29.3 Å². The van der Waals surface area contributed by atoms with Crippen molar-refractivity contribution in [2.75, 3.05) is 5.32 Å². The molecule has 0 unspecified atom stereocenters. The van der Waals surface area contributed by atoms with Crippen molar-refractivity contribution in [3.05, 3.63) is 36.0 Å². The van der Waals surface area contributed by atoms with Crippen LogP contribution in [0.3, 0.4) is 0 Å². The highest BCUT2D eigenvalue weighted by molar-refractivity contribution is 6.29. The number of anilines is 2. The molecule has 0 atom stereocenters. The number of alkyl halides is 2. The minimum Gasteiger partial charge on any atom is -0.415 e. The highest BCUT2D eigenvalue weighted by Crippen LogP contribution is 2.37. The van der Waals surface area contributed by atoms with Crippen molar-refractivity contribution in [2.24, 2.45) is 23.5 Å². The molecule has 2 fully saturated rings. The van der Waals surface area contributed by atoms with Gasteiger partial charge in [0.2, 0.25) is 5.88 Å². The molecule has 2 aliphatic carbocycles. The fraction of sp³-hybridized carbons (Fsp3) is 0.423. The molecular weight excluding hydrogens is 598 g/mol. The fourth-order valence-corrected chi connectivity index (χ4v) is 5.46. The second-order valence-electron chi connectivity index (χ2n) is 10.8. The zero-order valence-corrected chi connectivity index (χ0v) is 23.7. The molecule has 0 bridgehead atoms. The Bertz CT molecular complexity index is 1860. The smallest absolute Gasteiger partial charge is 0.388 e. The van der Waals surface area contributed by atoms with E-state index >= 15 is 0 Å². The monoisotopic (exact) mass is 622 g/mol. The van der Waals surface area contributed by atoms with E-state index < -0.39 is 12.2 Å². The van der Waals surface area contributed by atoms with Gasteiger partial charge >= 0.3 is 6.61 Å². The molecule has 226 valence electrons. The number of hydrogen-bond acceptors (Lipinski definition) is 12. The van der Waals surface area contributed by atoms with Crippen molar-refractivity contribution < 1.29 is 13.5 Å². The Kier molecular flexibility index (Phi) is 7.90. The van der Waals surface area contributed by atoms with Crippen LogP contribution < -0.4 is 15.8 Å². The van der Waals surface area contributed by atoms with Crippen LogP contribution in [0.2, 0.25) is 5.15 Å². The van der Waals surface area contributed by atoms with Crippen LogP contribution in [0.5, 0.6) is 5.88 Å². The third kappa shape index (κ3) is 6.34. The third-order valence-electron chi connectivity index (χ3n) is 7.50. The predicted molar refractivity (Wildman–Crippen MR) is 151 cm³/mol. The molecule has 0 saturated heterocycles. The SMILES string of the molecule is N#CC1(N)CC(Cn2ncc3ncc(Nc4cc(OC(F)F)n[nH]4)nc32)C1.N#CC1CC(Cn2ncc3ncc(Cl)nc32)C1. The van der Waals surface area contributed by atoms with Gasteiger partial charge in [-0.15, -0.1) is 5.10 Å². The minimum absolute atomic E-state index is 0.219. The van der Waals surface area contributed by atoms with Gasteiger partial charge in [0.25, 0.3) is 0 Å². The Morgan fingerprint density at radius 3 is 2.36 bits per heavy atom. The molecule has 7 rings (SSSR count). The quantitative estimate of drug-likeness (QED) is 0.227. The molecule has 5 aromatic heterocycles. The summed E-state index contributed by atoms with van der Waals surface area (Å²) in [6.45, 7) is -1.58. The Balaban J connectivity index is 0.000000173. The van der Waals surface area contributed by atoms with Crippen molar-refractivity contribution in [1.29, 1.82) is 10.5 Å². The Labute approximate surface area is 253 Å². The first-order chi connectivity index (χ1) is 21.2. The van der Waals surface area contributed by atoms with Gasteiger partial charge in [-0.1, -0.05) is 11.6 Å². The second-order valence-corrected chi connectivity index (χ2v) is 11.2. The molecule has 4 N–H and O–H groups in total. The van der Waals surface area contributed by atoms with E-state index in [1.165, 1.54) is 18.5 Å². The summed E-state index contributed by atoms with van der Waals surface area (Å²) in [5.74, 6) is 1.46. The van der Waals surface area contributed by atoms with Gasteiger partial charge in [-0.2, -0.15) is 29.5 Å². The van der Waals surface area contributed by atoms with Crippen LogP contribution in [-0.4, -0.2) is 61.8 Å². The molecule has 0 aliphatic heterocycles. The lowest BCUT2D eigenvalue weighted by Gasteiger charge is -2.39. The molecule has 18 heteroatoms. The standard InChI is InChI=1S/C15H15F2N9O.C11H10ClN5/c16-14(17)27-12-1-10(24-25-12)22-11-5-20-9-4-21-26(13(9)23-11)6-8-2-15(19,3-8)7-18;12-10-5-14-9-4-15-17(11(9)16-10)6-8-1-7(2-8)3-13/h1,4-5,8,14H,2-3,6,19H2,(H2,22,23,24,25);4-5,7-8H,1-2,6H2. The van der Waals surface area contributed by atoms with Crippen LogP contribution in [0, 0.1) is 40.4 Å². The Morgan fingerprint density at radius 2 is 1.70 bits per heavy atom. The highest BCUT2D eigenvalue weighted by Gasteiger charge is 2.41. The lowest BCUT2D eigenvalue weighted by atomic mass is 9.70. The summed E-state index contributed by atoms with van der Waals surface area (Å²) in [6.07, 6.45) is 9.43. The largest absolute Gasteiger partial charge is 0.415 e. The fourth-order valence-electron chi connectivity index (χ4n) is 5.33. The van der Waals surface area contributed by atoms with Crippen LogP contribution in [-0.2, 0) is 13.1 Å². The third-order valence-corrected chi connectivity index (χ3v) is 7.68. The number of rotatable bonds is 8. The lowest BCUT2D eigenvalue weighted by Crippen LogP contribution is -2.51. The zero-order valence-electron chi connectivity index (χ0n) is 23.0. The summed E-state index contributed by atoms with van der Waals surface area (Å²) in [4.78, 5) is 17.1. The van der Waals surface area contributed by atoms with Gasteiger partial charge in [-0.3, -0.25) is 5.10 Å². The van der Waals surface area contributed by atoms with E-state index in [0.717, 1.165) is 30.6 Å². The van der Waals surface area contributed by atoms with Crippen molar-refractivity contribution in [3.8, 4) is 18.0 Å². The molecule has 0 aromatic carbocycles. The number of fused-ring (bicyclic) bond motifs is 2. The number of halogens is 3. The number of nitrogens with two attached hydrogens (primary N) is 1. The summed E-state index contributed by atoms with van der Waals surface area (Å²) in [7, 11) is 0. The van der Waals surface area contributed by atoms with Gasteiger partial charge in [0, 0.05) is 25.1 Å². The Hall–Kier alpha value is -5.00. The maximum atomic E-state index is 12.2. The molecule has 0 radical (unpaired) electrons. The molecular formula is C26H25ClF2N14O. The van der Waals surface area contributed by atoms with Crippen LogP contribution in [0.15, 0.2) is 30.9 Å². The number of ether oxygens (including phenoxy) is 1. The minimum atomic E-state index is -2.95. The zero-order chi connectivity index (χ0) is 30.8. The molecule has 5 heterocycles. The van der Waals surface area contributed by atoms with Crippen LogP contribution in [0.25, 0.3) is 22.3 Å². The van der Waals surface area contributed by atoms with E-state index in [2.05, 4.69) is 62.5 Å². The lowest BCUT2D eigenvalue weighted by molar-refractivity contribution is -0.0528. The Morgan fingerprint density at radius 1 is 1.05 bits per heavy atom. The number of nitrogens with zero attached hydrogens (tertiary/aromatic N) is 11. The van der Waals surface area contributed by atoms with E-state index in [1.807, 2.05) is 4.68 Å². The van der Waals surface area contributed by atoms with E-state index in [0.29, 0.717) is 53.3 Å². The number of nitriles is 2. The summed E-state index contributed by atoms with van der Waals surface area (Å²) >= 11 is 5.82. The number of H-pyrrole nitrogens is 1. The second kappa shape index (κ2) is 11.9. The summed E-state index contributed by atoms with van der Waals surface area (Å²) in [5, 5.41) is 35.7. The van der Waals surface area contributed by atoms with Gasteiger partial charge in [-0.05, 0) is 37.5 Å². The van der Waals surface area contributed by atoms with Gasteiger partial charge in [0.15, 0.2) is 17.1 Å². The topological polar surface area (TPSA) is 211 Å². The summed E-state index contributed by atoms with van der Waals surface area (Å²) < 4.78 is 32.1. The summed E-state index contributed by atoms with van der Waals surface area (Å²) in [6, 6.07) is 5.68. The number of hydrogen-bond donors (Lipinski definition) is 3. The number of aromatic amines is 1. The first-order valence-corrected chi connectivity index (χ1v) is 14.0. The van der Waals surface area contributed by atoms with Crippen molar-refractivity contribution in [2.45, 2.75) is 50.9 Å². The van der Waals surface area contributed by atoms with Crippen LogP contribution in [0.1, 0.15) is 25.7 Å². The van der Waals surface area contributed by atoms with Crippen LogP contribution in [0.4, 0.5) is 20.4 Å². The van der Waals surface area contributed by atoms with E-state index in [-0.39, 0.29) is 17.7 Å². The molecule has 44 heavy (non-hydrogen) atoms. The van der Waals surface area contributed by atoms with Gasteiger partial charge < -0.3 is 15.8 Å². The first-order valence-electron chi connectivity index (χ1n) is 13.6. The normalized spacial score (nSPS) is 22.4. The molecule has 0 amide bonds. The highest BCUT2D eigenvalue weighted by atomic mass is 35.5. The number of aromatic nitrogens is 10. The molecule has 15 nitrogen and oxygen atoms in total. The van der Waals surface area contributed by atoms with E-state index in [4.69, 9.17) is 27.9 Å². The average molecular weight is 623 g/mol. The molecule has 5 aromatic rings. The van der Waals surface area contributed by atoms with E-state index in [1.54, 1.807) is 17.1 Å². The molecule has 0 spiro atoms. The van der Waals surface area contributed by atoms with Crippen molar-refractivity contribution >= 4 is 45.6 Å². The summed E-state index contributed by atoms with van der Waals surface area (Å²) in [5.41, 5.74) is 7.79. The predicted octanol–water partition coefficient (Wildman–Crippen LogP) is 3.55. The van der Waals surface area contributed by atoms with Gasteiger partial charge in [0.1, 0.15) is 27.5 Å². The maximum Gasteiger partial charge on any atom is 0.388 e. The van der Waals surface area contributed by atoms with Gasteiger partial charge in [0.05, 0.1) is 36.9 Å². The van der Waals surface area contributed by atoms with Crippen LogP contribution >= 0.6 is 11.6 Å². The maximum absolute atomic E-state index is 12.2. The van der Waals surface area contributed by atoms with Crippen molar-refractivity contribution in [3.63, 3.8) is 0 Å². The first kappa shape index (κ1) is 29.1. The molecule has 2 saturated carbocycles. The molecule has 2 aliphatic rings. The van der Waals surface area contributed by atoms with Crippen molar-refractivity contribution in [1.82, 2.24) is 49.7 Å².